The van der Waals surface area contributed by atoms with Gasteiger partial charge in [-0.05, 0) is 36.7 Å². The summed E-state index contributed by atoms with van der Waals surface area (Å²) in [6.45, 7) is 7.44. The lowest BCUT2D eigenvalue weighted by molar-refractivity contribution is 0.139. The molecule has 0 fully saturated rings. The van der Waals surface area contributed by atoms with Crippen LogP contribution in [-0.2, 0) is 17.7 Å². The van der Waals surface area contributed by atoms with E-state index in [1.54, 1.807) is 7.11 Å². The van der Waals surface area contributed by atoms with Crippen LogP contribution >= 0.6 is 15.9 Å². The van der Waals surface area contributed by atoms with E-state index < -0.39 is 0 Å². The van der Waals surface area contributed by atoms with Crippen molar-refractivity contribution in [3.8, 4) is 0 Å². The Morgan fingerprint density at radius 1 is 1.56 bits per heavy atom. The van der Waals surface area contributed by atoms with Crippen LogP contribution in [0.2, 0.25) is 0 Å². The van der Waals surface area contributed by atoms with Gasteiger partial charge in [0.05, 0.1) is 22.5 Å². The van der Waals surface area contributed by atoms with Gasteiger partial charge in [0.2, 0.25) is 0 Å². The third-order valence-electron chi connectivity index (χ3n) is 2.50. The predicted molar refractivity (Wildman–Crippen MR) is 68.5 cm³/mol. The van der Waals surface area contributed by atoms with Crippen LogP contribution < -0.4 is 5.73 Å². The molecule has 1 aromatic rings. The zero-order chi connectivity index (χ0) is 12.3. The molecule has 0 aliphatic rings. The molecule has 4 nitrogen and oxygen atoms in total. The van der Waals surface area contributed by atoms with Gasteiger partial charge in [0, 0.05) is 25.6 Å². The third-order valence-corrected chi connectivity index (χ3v) is 3.53. The highest BCUT2D eigenvalue weighted by atomic mass is 79.9. The fourth-order valence-electron chi connectivity index (χ4n) is 1.80. The number of nitrogens with zero attached hydrogens (tertiary/aromatic N) is 2. The molecule has 0 aliphatic heterocycles. The van der Waals surface area contributed by atoms with E-state index in [1.165, 1.54) is 0 Å². The summed E-state index contributed by atoms with van der Waals surface area (Å²) in [6, 6.07) is 0. The van der Waals surface area contributed by atoms with Crippen molar-refractivity contribution in [1.29, 1.82) is 0 Å². The first-order valence-corrected chi connectivity index (χ1v) is 6.20. The molecule has 1 aromatic heterocycles. The average molecular weight is 290 g/mol. The molecule has 0 amide bonds. The maximum absolute atomic E-state index is 6.17. The van der Waals surface area contributed by atoms with Crippen molar-refractivity contribution in [2.24, 2.45) is 5.73 Å². The maximum atomic E-state index is 6.17. The summed E-state index contributed by atoms with van der Waals surface area (Å²) < 4.78 is 8.17. The highest BCUT2D eigenvalue weighted by Gasteiger charge is 2.24. The Labute approximate surface area is 105 Å². The fraction of sp³-hybridized carbons (Fsp3) is 0.727. The quantitative estimate of drug-likeness (QED) is 0.901. The van der Waals surface area contributed by atoms with E-state index in [0.29, 0.717) is 6.61 Å². The van der Waals surface area contributed by atoms with E-state index in [0.717, 1.165) is 28.8 Å². The monoisotopic (exact) mass is 289 g/mol. The van der Waals surface area contributed by atoms with Gasteiger partial charge in [-0.3, -0.25) is 4.68 Å². The smallest absolute Gasteiger partial charge is 0.0738 e. The molecule has 1 heterocycles. The first-order valence-electron chi connectivity index (χ1n) is 5.41. The van der Waals surface area contributed by atoms with Gasteiger partial charge >= 0.3 is 0 Å². The van der Waals surface area contributed by atoms with E-state index in [1.807, 2.05) is 18.5 Å². The lowest BCUT2D eigenvalue weighted by Gasteiger charge is -2.24. The zero-order valence-electron chi connectivity index (χ0n) is 10.4. The molecule has 0 radical (unpaired) electrons. The van der Waals surface area contributed by atoms with Crippen LogP contribution in [0.1, 0.15) is 25.2 Å². The second-order valence-electron chi connectivity index (χ2n) is 4.43. The average Bonchev–Trinajstić information content (AvgIpc) is 2.45. The Morgan fingerprint density at radius 2 is 2.19 bits per heavy atom. The van der Waals surface area contributed by atoms with Crippen molar-refractivity contribution >= 4 is 15.9 Å². The minimum atomic E-state index is -0.364. The topological polar surface area (TPSA) is 53.1 Å². The number of ether oxygens (including phenoxy) is 1. The fourth-order valence-corrected chi connectivity index (χ4v) is 2.23. The summed E-state index contributed by atoms with van der Waals surface area (Å²) in [7, 11) is 1.67. The van der Waals surface area contributed by atoms with Crippen molar-refractivity contribution in [3.63, 3.8) is 0 Å². The predicted octanol–water partition coefficient (Wildman–Crippen LogP) is 1.88. The molecule has 1 unspecified atom stereocenters. The van der Waals surface area contributed by atoms with Gasteiger partial charge in [0.15, 0.2) is 0 Å². The number of hydrogen-bond donors (Lipinski definition) is 1. The van der Waals surface area contributed by atoms with Gasteiger partial charge in [-0.1, -0.05) is 0 Å². The van der Waals surface area contributed by atoms with Crippen LogP contribution in [0, 0.1) is 6.92 Å². The first-order chi connectivity index (χ1) is 7.41. The van der Waals surface area contributed by atoms with Gasteiger partial charge in [-0.2, -0.15) is 5.10 Å². The second kappa shape index (κ2) is 5.29. The molecular weight excluding hydrogens is 270 g/mol. The summed E-state index contributed by atoms with van der Waals surface area (Å²) in [5.74, 6) is 0. The van der Waals surface area contributed by atoms with Crippen molar-refractivity contribution in [1.82, 2.24) is 9.78 Å². The molecule has 0 aliphatic carbocycles. The Balaban J connectivity index is 2.95. The molecule has 0 saturated heterocycles. The van der Waals surface area contributed by atoms with Crippen LogP contribution in [0.15, 0.2) is 4.47 Å². The number of hydrogen-bond acceptors (Lipinski definition) is 3. The van der Waals surface area contributed by atoms with Crippen LogP contribution in [0.25, 0.3) is 0 Å². The summed E-state index contributed by atoms with van der Waals surface area (Å²) in [6.07, 6.45) is 0.746. The van der Waals surface area contributed by atoms with Crippen molar-refractivity contribution in [2.75, 3.05) is 13.7 Å². The van der Waals surface area contributed by atoms with E-state index in [4.69, 9.17) is 10.5 Å². The Hall–Kier alpha value is -0.390. The Bertz CT molecular complexity index is 360. The minimum Gasteiger partial charge on any atom is -0.383 e. The molecule has 0 bridgehead atoms. The standard InChI is InChI=1S/C11H20BrN3O/c1-5-15-9(10(12)8(2)14-15)6-11(3,13)7-16-4/h5-7,13H2,1-4H3. The molecular formula is C11H20BrN3O. The molecule has 92 valence electrons. The molecule has 5 heteroatoms. The lowest BCUT2D eigenvalue weighted by Crippen LogP contribution is -2.43. The normalized spacial score (nSPS) is 15.1. The van der Waals surface area contributed by atoms with E-state index in [-0.39, 0.29) is 5.54 Å². The SMILES string of the molecule is CCn1nc(C)c(Br)c1CC(C)(N)COC. The lowest BCUT2D eigenvalue weighted by atomic mass is 9.98. The van der Waals surface area contributed by atoms with Gasteiger partial charge < -0.3 is 10.5 Å². The van der Waals surface area contributed by atoms with Gasteiger partial charge in [0.25, 0.3) is 0 Å². The van der Waals surface area contributed by atoms with E-state index in [2.05, 4.69) is 28.0 Å². The van der Waals surface area contributed by atoms with Crippen LogP contribution in [0.4, 0.5) is 0 Å². The van der Waals surface area contributed by atoms with Crippen molar-refractivity contribution in [2.45, 2.75) is 39.3 Å². The maximum Gasteiger partial charge on any atom is 0.0738 e. The molecule has 1 atom stereocenters. The molecule has 16 heavy (non-hydrogen) atoms. The van der Waals surface area contributed by atoms with E-state index in [9.17, 15) is 0 Å². The third kappa shape index (κ3) is 3.06. The summed E-state index contributed by atoms with van der Waals surface area (Å²) in [5.41, 5.74) is 7.96. The van der Waals surface area contributed by atoms with Crippen LogP contribution in [0.5, 0.6) is 0 Å². The molecule has 0 saturated carbocycles. The Kier molecular flexibility index (Phi) is 4.52. The van der Waals surface area contributed by atoms with Crippen LogP contribution in [-0.4, -0.2) is 29.0 Å². The molecule has 0 aromatic carbocycles. The number of methoxy groups -OCH3 is 1. The number of rotatable bonds is 5. The summed E-state index contributed by atoms with van der Waals surface area (Å²) >= 11 is 3.57. The number of nitrogens with two attached hydrogens (primary N) is 1. The van der Waals surface area contributed by atoms with Gasteiger partial charge in [0.1, 0.15) is 0 Å². The van der Waals surface area contributed by atoms with Gasteiger partial charge in [-0.15, -0.1) is 0 Å². The Morgan fingerprint density at radius 3 is 2.69 bits per heavy atom. The zero-order valence-corrected chi connectivity index (χ0v) is 12.0. The summed E-state index contributed by atoms with van der Waals surface area (Å²) in [5, 5.41) is 4.45. The highest BCUT2D eigenvalue weighted by Crippen LogP contribution is 2.24. The second-order valence-corrected chi connectivity index (χ2v) is 5.22. The van der Waals surface area contributed by atoms with Gasteiger partial charge in [-0.25, -0.2) is 0 Å². The number of aromatic nitrogens is 2. The first kappa shape index (κ1) is 13.7. The highest BCUT2D eigenvalue weighted by molar-refractivity contribution is 9.10. The molecule has 0 spiro atoms. The van der Waals surface area contributed by atoms with Crippen molar-refractivity contribution in [3.05, 3.63) is 15.9 Å². The summed E-state index contributed by atoms with van der Waals surface area (Å²) in [4.78, 5) is 0. The largest absolute Gasteiger partial charge is 0.383 e. The van der Waals surface area contributed by atoms with E-state index >= 15 is 0 Å². The van der Waals surface area contributed by atoms with Crippen LogP contribution in [0.3, 0.4) is 0 Å². The van der Waals surface area contributed by atoms with Crippen molar-refractivity contribution < 1.29 is 4.74 Å². The number of aryl methyl sites for hydroxylation is 2. The number of halogens is 1. The molecule has 1 rings (SSSR count). The molecule has 2 N–H and O–H groups in total. The minimum absolute atomic E-state index is 0.364.